The van der Waals surface area contributed by atoms with Crippen molar-refractivity contribution in [3.63, 3.8) is 0 Å². The Hall–Kier alpha value is -2.98. The number of ether oxygens (including phenoxy) is 1. The Kier molecular flexibility index (Phi) is 9.20. The van der Waals surface area contributed by atoms with Crippen LogP contribution in [0.15, 0.2) is 89.0 Å². The zero-order chi connectivity index (χ0) is 23.6. The van der Waals surface area contributed by atoms with Gasteiger partial charge in [0, 0.05) is 23.6 Å². The van der Waals surface area contributed by atoms with Crippen molar-refractivity contribution in [3.8, 4) is 0 Å². The molecule has 0 unspecified atom stereocenters. The lowest BCUT2D eigenvalue weighted by atomic mass is 9.93. The average Bonchev–Trinajstić information content (AvgIpc) is 2.82. The van der Waals surface area contributed by atoms with Crippen LogP contribution >= 0.6 is 11.6 Å². The fourth-order valence-electron chi connectivity index (χ4n) is 3.56. The molecule has 0 aliphatic heterocycles. The van der Waals surface area contributed by atoms with Crippen LogP contribution in [-0.2, 0) is 4.74 Å². The van der Waals surface area contributed by atoms with Gasteiger partial charge in [-0.25, -0.2) is 8.78 Å². The van der Waals surface area contributed by atoms with Crippen LogP contribution in [-0.4, -0.2) is 19.0 Å². The van der Waals surface area contributed by atoms with Gasteiger partial charge >= 0.3 is 5.78 Å². The number of halogens is 3. The van der Waals surface area contributed by atoms with E-state index in [1.807, 2.05) is 38.2 Å². The molecule has 1 aliphatic rings. The van der Waals surface area contributed by atoms with Gasteiger partial charge in [-0.2, -0.15) is 0 Å². The Morgan fingerprint density at radius 3 is 2.21 bits per heavy atom. The van der Waals surface area contributed by atoms with Gasteiger partial charge in [-0.3, -0.25) is 4.42 Å². The van der Waals surface area contributed by atoms with Gasteiger partial charge in [0.2, 0.25) is 0 Å². The van der Waals surface area contributed by atoms with E-state index >= 15 is 0 Å². The average molecular weight is 470 g/mol. The first-order valence-corrected chi connectivity index (χ1v) is 11.5. The Morgan fingerprint density at radius 1 is 0.970 bits per heavy atom. The smallest absolute Gasteiger partial charge is 0.350 e. The maximum atomic E-state index is 13.3. The number of ketones is 1. The van der Waals surface area contributed by atoms with Crippen LogP contribution in [0.5, 0.6) is 0 Å². The number of rotatable bonds is 8. The summed E-state index contributed by atoms with van der Waals surface area (Å²) >= 11 is 6.74. The lowest BCUT2D eigenvalue weighted by Crippen LogP contribution is -2.01. The van der Waals surface area contributed by atoms with Crippen LogP contribution in [0.1, 0.15) is 48.7 Å². The van der Waals surface area contributed by atoms with Crippen LogP contribution in [0.4, 0.5) is 8.78 Å². The summed E-state index contributed by atoms with van der Waals surface area (Å²) in [4.78, 5) is 0. The van der Waals surface area contributed by atoms with Gasteiger partial charge in [0.15, 0.2) is 0 Å². The fourth-order valence-corrected chi connectivity index (χ4v) is 3.87. The molecular formula is C28H28ClF2O2+. The van der Waals surface area contributed by atoms with Crippen molar-refractivity contribution >= 4 is 23.1 Å². The molecule has 33 heavy (non-hydrogen) atoms. The molecule has 1 aliphatic carbocycles. The van der Waals surface area contributed by atoms with Crippen molar-refractivity contribution in [2.75, 3.05) is 13.2 Å². The molecule has 0 heterocycles. The molecule has 2 aromatic carbocycles. The highest BCUT2D eigenvalue weighted by Gasteiger charge is 2.16. The molecule has 0 N–H and O–H groups in total. The van der Waals surface area contributed by atoms with Crippen molar-refractivity contribution in [2.45, 2.75) is 33.1 Å². The van der Waals surface area contributed by atoms with E-state index in [9.17, 15) is 8.78 Å². The Labute approximate surface area is 199 Å². The third kappa shape index (κ3) is 7.00. The first kappa shape index (κ1) is 24.7. The second-order valence-corrected chi connectivity index (χ2v) is 7.87. The molecule has 0 atom stereocenters. The third-order valence-electron chi connectivity index (χ3n) is 5.19. The second kappa shape index (κ2) is 12.3. The van der Waals surface area contributed by atoms with Gasteiger partial charge in [0.25, 0.3) is 6.61 Å². The van der Waals surface area contributed by atoms with Gasteiger partial charge in [-0.1, -0.05) is 17.7 Å². The summed E-state index contributed by atoms with van der Waals surface area (Å²) in [5.74, 6) is 0.763. The highest BCUT2D eigenvalue weighted by atomic mass is 35.5. The summed E-state index contributed by atoms with van der Waals surface area (Å²) in [6.45, 7) is 4.83. The topological polar surface area (TPSA) is 20.5 Å². The first-order chi connectivity index (χ1) is 16.0. The fraction of sp³-hybridized carbons (Fsp3) is 0.250. The number of carbonyl (C=O) groups excluding carboxylic acids is 1. The molecule has 2 aromatic rings. The standard InChI is InChI=1S/C28H28ClF2O2/c1-3-32-26(20-8-14-24(30)15-9-20)18-12-22-6-5-7-23(28(22)29)13-19-27(33-4-2)21-10-16-25(31)17-11-21/h8-19H,3-7H2,1-2H3/q+1/b18-12+,23-13+,27-19+. The molecule has 172 valence electrons. The minimum atomic E-state index is -0.286. The van der Waals surface area contributed by atoms with E-state index in [1.54, 1.807) is 24.3 Å². The minimum Gasteiger partial charge on any atom is -0.493 e. The van der Waals surface area contributed by atoms with E-state index in [-0.39, 0.29) is 11.6 Å². The van der Waals surface area contributed by atoms with Crippen LogP contribution in [0.2, 0.25) is 0 Å². The van der Waals surface area contributed by atoms with E-state index in [4.69, 9.17) is 20.8 Å². The zero-order valence-electron chi connectivity index (χ0n) is 18.9. The Morgan fingerprint density at radius 2 is 1.61 bits per heavy atom. The molecule has 0 saturated carbocycles. The summed E-state index contributed by atoms with van der Waals surface area (Å²) in [6, 6.07) is 12.5. The van der Waals surface area contributed by atoms with E-state index in [0.717, 1.165) is 41.5 Å². The minimum absolute atomic E-state index is 0.286. The van der Waals surface area contributed by atoms with Crippen molar-refractivity contribution in [2.24, 2.45) is 0 Å². The Balaban J connectivity index is 1.87. The maximum Gasteiger partial charge on any atom is 0.350 e. The molecular weight excluding hydrogens is 442 g/mol. The van der Waals surface area contributed by atoms with Crippen molar-refractivity contribution in [1.29, 1.82) is 0 Å². The molecule has 0 fully saturated rings. The summed E-state index contributed by atoms with van der Waals surface area (Å²) in [6.07, 6.45) is 10.4. The van der Waals surface area contributed by atoms with Gasteiger partial charge in [-0.15, -0.1) is 0 Å². The number of allylic oxidation sites excluding steroid dienone is 7. The molecule has 0 spiro atoms. The third-order valence-corrected chi connectivity index (χ3v) is 5.67. The lowest BCUT2D eigenvalue weighted by Gasteiger charge is -2.16. The summed E-state index contributed by atoms with van der Waals surface area (Å²) in [7, 11) is 0. The predicted molar refractivity (Wildman–Crippen MR) is 131 cm³/mol. The van der Waals surface area contributed by atoms with Crippen molar-refractivity contribution < 1.29 is 17.9 Å². The number of hydrogen-bond acceptors (Lipinski definition) is 1. The summed E-state index contributed by atoms with van der Waals surface area (Å²) in [5.41, 5.74) is 3.64. The quantitative estimate of drug-likeness (QED) is 0.166. The summed E-state index contributed by atoms with van der Waals surface area (Å²) < 4.78 is 38.1. The molecule has 3 rings (SSSR count). The molecule has 0 amide bonds. The van der Waals surface area contributed by atoms with E-state index in [1.165, 1.54) is 24.3 Å². The Bertz CT molecular complexity index is 1090. The van der Waals surface area contributed by atoms with Crippen LogP contribution < -0.4 is 0 Å². The van der Waals surface area contributed by atoms with Crippen molar-refractivity contribution in [1.82, 2.24) is 0 Å². The van der Waals surface area contributed by atoms with Crippen LogP contribution in [0.3, 0.4) is 0 Å². The summed E-state index contributed by atoms with van der Waals surface area (Å²) in [5, 5.41) is 0.707. The highest BCUT2D eigenvalue weighted by molar-refractivity contribution is 6.32. The number of benzene rings is 2. The monoisotopic (exact) mass is 469 g/mol. The molecule has 5 heteroatoms. The van der Waals surface area contributed by atoms with Gasteiger partial charge in [0.05, 0.1) is 12.2 Å². The lowest BCUT2D eigenvalue weighted by molar-refractivity contribution is -0.261. The van der Waals surface area contributed by atoms with E-state index in [0.29, 0.717) is 29.8 Å². The zero-order valence-corrected chi connectivity index (χ0v) is 19.7. The SMILES string of the molecule is CCO/C(=C/C=C1\CCCC(/C=C/C(=[O+]CC)c2ccc(F)cc2)=C1Cl)c1ccc(F)cc1. The van der Waals surface area contributed by atoms with Gasteiger partial charge < -0.3 is 4.74 Å². The predicted octanol–water partition coefficient (Wildman–Crippen LogP) is 7.94. The van der Waals surface area contributed by atoms with Crippen molar-refractivity contribution in [3.05, 3.63) is 112 Å². The number of hydrogen-bond donors (Lipinski definition) is 0. The van der Waals surface area contributed by atoms with Gasteiger partial charge in [0.1, 0.15) is 17.4 Å². The van der Waals surface area contributed by atoms with Crippen LogP contribution in [0, 0.1) is 11.6 Å². The maximum absolute atomic E-state index is 13.3. The van der Waals surface area contributed by atoms with Crippen LogP contribution in [0.25, 0.3) is 5.76 Å². The normalized spacial score (nSPS) is 16.7. The molecule has 0 aromatic heterocycles. The van der Waals surface area contributed by atoms with Gasteiger partial charge in [-0.05, 0) is 98.0 Å². The van der Waals surface area contributed by atoms with E-state index in [2.05, 4.69) is 0 Å². The first-order valence-electron chi connectivity index (χ1n) is 11.1. The largest absolute Gasteiger partial charge is 0.493 e. The second-order valence-electron chi connectivity index (χ2n) is 7.49. The molecule has 0 saturated heterocycles. The molecule has 2 nitrogen and oxygen atoms in total. The molecule has 0 bridgehead atoms. The highest BCUT2D eigenvalue weighted by Crippen LogP contribution is 2.33. The van der Waals surface area contributed by atoms with E-state index < -0.39 is 0 Å². The molecule has 0 radical (unpaired) electrons.